The first-order valence-corrected chi connectivity index (χ1v) is 8.50. The van der Waals surface area contributed by atoms with Crippen molar-refractivity contribution in [1.29, 1.82) is 0 Å². The second-order valence-electron chi connectivity index (χ2n) is 6.70. The maximum atomic E-state index is 11.9. The SMILES string of the molecule is CC(C)(C)C(=O)NCCC(=O)NC(Cc1cc(Cl)cc(Cl)c1)C(=O)O. The average molecular weight is 389 g/mol. The number of hydrogen-bond donors (Lipinski definition) is 3. The largest absolute Gasteiger partial charge is 0.480 e. The lowest BCUT2D eigenvalue weighted by Gasteiger charge is -2.18. The van der Waals surface area contributed by atoms with Crippen molar-refractivity contribution in [3.8, 4) is 0 Å². The summed E-state index contributed by atoms with van der Waals surface area (Å²) in [7, 11) is 0. The first kappa shape index (κ1) is 21.3. The zero-order valence-corrected chi connectivity index (χ0v) is 15.9. The fourth-order valence-electron chi connectivity index (χ4n) is 1.99. The van der Waals surface area contributed by atoms with Gasteiger partial charge in [-0.25, -0.2) is 4.79 Å². The van der Waals surface area contributed by atoms with E-state index >= 15 is 0 Å². The number of hydrogen-bond acceptors (Lipinski definition) is 3. The van der Waals surface area contributed by atoms with Crippen LogP contribution in [0, 0.1) is 5.41 Å². The molecule has 0 radical (unpaired) electrons. The van der Waals surface area contributed by atoms with Gasteiger partial charge in [-0.05, 0) is 23.8 Å². The van der Waals surface area contributed by atoms with E-state index in [0.717, 1.165) is 0 Å². The molecule has 0 saturated heterocycles. The number of nitrogens with one attached hydrogen (secondary N) is 2. The summed E-state index contributed by atoms with van der Waals surface area (Å²) in [6.45, 7) is 5.42. The molecular weight excluding hydrogens is 367 g/mol. The van der Waals surface area contributed by atoms with Gasteiger partial charge in [0.05, 0.1) is 0 Å². The van der Waals surface area contributed by atoms with Crippen LogP contribution in [0.25, 0.3) is 0 Å². The van der Waals surface area contributed by atoms with Crippen LogP contribution in [0.2, 0.25) is 10.0 Å². The van der Waals surface area contributed by atoms with Gasteiger partial charge in [0.15, 0.2) is 0 Å². The predicted octanol–water partition coefficient (Wildman–Crippen LogP) is 2.66. The van der Waals surface area contributed by atoms with Gasteiger partial charge in [-0.2, -0.15) is 0 Å². The average Bonchev–Trinajstić information content (AvgIpc) is 2.44. The Morgan fingerprint density at radius 1 is 1.12 bits per heavy atom. The van der Waals surface area contributed by atoms with Crippen molar-refractivity contribution in [3.63, 3.8) is 0 Å². The monoisotopic (exact) mass is 388 g/mol. The van der Waals surface area contributed by atoms with Crippen LogP contribution in [0.15, 0.2) is 18.2 Å². The molecule has 0 aromatic heterocycles. The van der Waals surface area contributed by atoms with Crippen molar-refractivity contribution in [2.45, 2.75) is 39.7 Å². The van der Waals surface area contributed by atoms with Crippen LogP contribution in [0.4, 0.5) is 0 Å². The topological polar surface area (TPSA) is 95.5 Å². The molecule has 2 amide bonds. The number of rotatable bonds is 7. The fourth-order valence-corrected chi connectivity index (χ4v) is 2.56. The van der Waals surface area contributed by atoms with Gasteiger partial charge in [0.25, 0.3) is 0 Å². The molecule has 1 aromatic carbocycles. The number of carbonyl (C=O) groups is 3. The highest BCUT2D eigenvalue weighted by Gasteiger charge is 2.22. The van der Waals surface area contributed by atoms with Crippen molar-refractivity contribution in [2.75, 3.05) is 6.54 Å². The number of carboxylic acids is 1. The Bertz CT molecular complexity index is 636. The van der Waals surface area contributed by atoms with Gasteiger partial charge in [0, 0.05) is 34.8 Å². The standard InChI is InChI=1S/C17H22Cl2N2O4/c1-17(2,3)16(25)20-5-4-14(22)21-13(15(23)24)8-10-6-11(18)9-12(19)7-10/h6-7,9,13H,4-5,8H2,1-3H3,(H,20,25)(H,21,22)(H,23,24). The van der Waals surface area contributed by atoms with Crippen LogP contribution in [0.5, 0.6) is 0 Å². The maximum absolute atomic E-state index is 11.9. The Balaban J connectivity index is 2.58. The van der Waals surface area contributed by atoms with E-state index < -0.39 is 23.3 Å². The zero-order chi connectivity index (χ0) is 19.2. The van der Waals surface area contributed by atoms with E-state index in [-0.39, 0.29) is 25.3 Å². The molecule has 0 heterocycles. The normalized spacial score (nSPS) is 12.4. The lowest BCUT2D eigenvalue weighted by atomic mass is 9.96. The molecule has 1 aromatic rings. The van der Waals surface area contributed by atoms with Crippen LogP contribution in [0.3, 0.4) is 0 Å². The molecule has 0 aliphatic heterocycles. The summed E-state index contributed by atoms with van der Waals surface area (Å²) in [5, 5.41) is 15.2. The molecule has 6 nitrogen and oxygen atoms in total. The van der Waals surface area contributed by atoms with Crippen LogP contribution in [-0.2, 0) is 20.8 Å². The van der Waals surface area contributed by atoms with Crippen molar-refractivity contribution in [1.82, 2.24) is 10.6 Å². The summed E-state index contributed by atoms with van der Waals surface area (Å²) in [4.78, 5) is 35.0. The van der Waals surface area contributed by atoms with Gasteiger partial charge < -0.3 is 15.7 Å². The van der Waals surface area contributed by atoms with E-state index in [4.69, 9.17) is 23.2 Å². The summed E-state index contributed by atoms with van der Waals surface area (Å²) < 4.78 is 0. The number of carbonyl (C=O) groups excluding carboxylic acids is 2. The summed E-state index contributed by atoms with van der Waals surface area (Å²) >= 11 is 11.8. The Morgan fingerprint density at radius 3 is 2.16 bits per heavy atom. The molecular formula is C17H22Cl2N2O4. The van der Waals surface area contributed by atoms with E-state index in [1.54, 1.807) is 39.0 Å². The van der Waals surface area contributed by atoms with Crippen molar-refractivity contribution in [2.24, 2.45) is 5.41 Å². The first-order valence-electron chi connectivity index (χ1n) is 7.74. The number of halogens is 2. The molecule has 1 rings (SSSR count). The highest BCUT2D eigenvalue weighted by atomic mass is 35.5. The molecule has 138 valence electrons. The summed E-state index contributed by atoms with van der Waals surface area (Å²) in [6.07, 6.45) is 0.0393. The predicted molar refractivity (Wildman–Crippen MR) is 96.8 cm³/mol. The zero-order valence-electron chi connectivity index (χ0n) is 14.4. The molecule has 8 heteroatoms. The van der Waals surface area contributed by atoms with E-state index in [9.17, 15) is 19.5 Å². The summed E-state index contributed by atoms with van der Waals surface area (Å²) in [5.74, 6) is -1.80. The number of carboxylic acid groups (broad SMARTS) is 1. The van der Waals surface area contributed by atoms with Gasteiger partial charge in [-0.15, -0.1) is 0 Å². The van der Waals surface area contributed by atoms with E-state index in [0.29, 0.717) is 15.6 Å². The molecule has 0 bridgehead atoms. The van der Waals surface area contributed by atoms with Gasteiger partial charge in [-0.3, -0.25) is 9.59 Å². The minimum Gasteiger partial charge on any atom is -0.480 e. The highest BCUT2D eigenvalue weighted by Crippen LogP contribution is 2.20. The third-order valence-electron chi connectivity index (χ3n) is 3.31. The summed E-state index contributed by atoms with van der Waals surface area (Å²) in [6, 6.07) is 3.62. The van der Waals surface area contributed by atoms with E-state index in [1.807, 2.05) is 0 Å². The van der Waals surface area contributed by atoms with Gasteiger partial charge in [0.1, 0.15) is 6.04 Å². The maximum Gasteiger partial charge on any atom is 0.326 e. The Hall–Kier alpha value is -1.79. The summed E-state index contributed by atoms with van der Waals surface area (Å²) in [5.41, 5.74) is 0.0533. The minimum absolute atomic E-state index is 0.0120. The molecule has 0 spiro atoms. The molecule has 0 aliphatic rings. The highest BCUT2D eigenvalue weighted by molar-refractivity contribution is 6.34. The van der Waals surface area contributed by atoms with Gasteiger partial charge in [0.2, 0.25) is 11.8 Å². The second kappa shape index (κ2) is 9.06. The quantitative estimate of drug-likeness (QED) is 0.668. The minimum atomic E-state index is -1.16. The third-order valence-corrected chi connectivity index (χ3v) is 3.75. The molecule has 3 N–H and O–H groups in total. The smallest absolute Gasteiger partial charge is 0.326 e. The number of aliphatic carboxylic acids is 1. The molecule has 1 unspecified atom stereocenters. The molecule has 25 heavy (non-hydrogen) atoms. The van der Waals surface area contributed by atoms with Gasteiger partial charge in [-0.1, -0.05) is 44.0 Å². The van der Waals surface area contributed by atoms with Gasteiger partial charge >= 0.3 is 5.97 Å². The van der Waals surface area contributed by atoms with E-state index in [2.05, 4.69) is 10.6 Å². The third kappa shape index (κ3) is 7.75. The van der Waals surface area contributed by atoms with Crippen LogP contribution < -0.4 is 10.6 Å². The van der Waals surface area contributed by atoms with E-state index in [1.165, 1.54) is 0 Å². The van der Waals surface area contributed by atoms with Crippen molar-refractivity contribution >= 4 is 41.0 Å². The van der Waals surface area contributed by atoms with Crippen LogP contribution >= 0.6 is 23.2 Å². The molecule has 1 atom stereocenters. The fraction of sp³-hybridized carbons (Fsp3) is 0.471. The van der Waals surface area contributed by atoms with Crippen LogP contribution in [0.1, 0.15) is 32.8 Å². The lowest BCUT2D eigenvalue weighted by molar-refractivity contribution is -0.141. The number of amides is 2. The van der Waals surface area contributed by atoms with Crippen molar-refractivity contribution < 1.29 is 19.5 Å². The molecule has 0 fully saturated rings. The second-order valence-corrected chi connectivity index (χ2v) is 7.57. The Kier molecular flexibility index (Phi) is 7.70. The van der Waals surface area contributed by atoms with Crippen LogP contribution in [-0.4, -0.2) is 35.5 Å². The number of benzene rings is 1. The first-order chi connectivity index (χ1) is 11.5. The Labute approximate surface area is 156 Å². The molecule has 0 saturated carbocycles. The lowest BCUT2D eigenvalue weighted by Crippen LogP contribution is -2.44. The molecule has 0 aliphatic carbocycles. The Morgan fingerprint density at radius 2 is 1.68 bits per heavy atom. The van der Waals surface area contributed by atoms with Crippen molar-refractivity contribution in [3.05, 3.63) is 33.8 Å².